The van der Waals surface area contributed by atoms with Gasteiger partial charge >= 0.3 is 0 Å². The van der Waals surface area contributed by atoms with Crippen molar-refractivity contribution in [2.45, 2.75) is 47.1 Å². The Morgan fingerprint density at radius 2 is 1.81 bits per heavy atom. The fourth-order valence-corrected chi connectivity index (χ4v) is 4.07. The summed E-state index contributed by atoms with van der Waals surface area (Å²) in [5.74, 6) is 2.18. The Bertz CT molecular complexity index is 991. The number of carbonyl (C=O) groups is 1. The Balaban J connectivity index is 1.42. The van der Waals surface area contributed by atoms with E-state index in [1.54, 1.807) is 0 Å². The maximum atomic E-state index is 12.8. The van der Waals surface area contributed by atoms with Gasteiger partial charge in [0.2, 0.25) is 0 Å². The van der Waals surface area contributed by atoms with Gasteiger partial charge in [-0.25, -0.2) is 4.98 Å². The summed E-state index contributed by atoms with van der Waals surface area (Å²) < 4.78 is 7.79. The number of furan rings is 1. The molecule has 1 aromatic carbocycles. The van der Waals surface area contributed by atoms with Gasteiger partial charge in [-0.1, -0.05) is 0 Å². The number of hydrogen-bond donors (Lipinski definition) is 0. The van der Waals surface area contributed by atoms with Crippen LogP contribution in [-0.4, -0.2) is 33.4 Å². The first-order valence-electron chi connectivity index (χ1n) is 9.71. The van der Waals surface area contributed by atoms with Crippen LogP contribution in [0.15, 0.2) is 28.9 Å². The number of aryl methyl sites for hydroxylation is 4. The van der Waals surface area contributed by atoms with E-state index in [4.69, 9.17) is 4.42 Å². The lowest BCUT2D eigenvalue weighted by Crippen LogP contribution is -2.39. The highest BCUT2D eigenvalue weighted by Gasteiger charge is 2.26. The van der Waals surface area contributed by atoms with Gasteiger partial charge in [-0.05, 0) is 75.8 Å². The summed E-state index contributed by atoms with van der Waals surface area (Å²) >= 11 is 0. The molecule has 0 radical (unpaired) electrons. The van der Waals surface area contributed by atoms with Crippen LogP contribution < -0.4 is 0 Å². The number of amides is 1. The van der Waals surface area contributed by atoms with Crippen molar-refractivity contribution in [2.24, 2.45) is 5.92 Å². The zero-order valence-corrected chi connectivity index (χ0v) is 16.6. The lowest BCUT2D eigenvalue weighted by atomic mass is 9.96. The molecule has 5 nitrogen and oxygen atoms in total. The van der Waals surface area contributed by atoms with Crippen molar-refractivity contribution in [1.29, 1.82) is 0 Å². The maximum Gasteiger partial charge on any atom is 0.257 e. The summed E-state index contributed by atoms with van der Waals surface area (Å²) in [6.45, 7) is 10.6. The van der Waals surface area contributed by atoms with Crippen molar-refractivity contribution in [1.82, 2.24) is 14.5 Å². The highest BCUT2D eigenvalue weighted by atomic mass is 16.3. The maximum absolute atomic E-state index is 12.8. The average Bonchev–Trinajstić information content (AvgIpc) is 3.18. The molecule has 142 valence electrons. The van der Waals surface area contributed by atoms with Crippen LogP contribution in [0.5, 0.6) is 0 Å². The van der Waals surface area contributed by atoms with Crippen molar-refractivity contribution in [3.8, 4) is 0 Å². The third kappa shape index (κ3) is 3.38. The van der Waals surface area contributed by atoms with Crippen molar-refractivity contribution in [3.63, 3.8) is 0 Å². The van der Waals surface area contributed by atoms with E-state index >= 15 is 0 Å². The lowest BCUT2D eigenvalue weighted by molar-refractivity contribution is 0.0681. The number of imidazole rings is 1. The number of likely N-dealkylation sites (tertiary alicyclic amines) is 1. The molecule has 1 saturated heterocycles. The van der Waals surface area contributed by atoms with Crippen molar-refractivity contribution < 1.29 is 9.21 Å². The van der Waals surface area contributed by atoms with Crippen LogP contribution in [0.2, 0.25) is 0 Å². The fraction of sp³-hybridized carbons (Fsp3) is 0.455. The minimum absolute atomic E-state index is 0.0991. The molecule has 0 bridgehead atoms. The smallest absolute Gasteiger partial charge is 0.257 e. The SMILES string of the molecule is Cc1cc(C(=O)N2CCC(Cn3cnc4cc(C)c(C)cc43)CC2)c(C)o1. The largest absolute Gasteiger partial charge is 0.466 e. The third-order valence-corrected chi connectivity index (χ3v) is 5.86. The zero-order valence-electron chi connectivity index (χ0n) is 16.6. The van der Waals surface area contributed by atoms with E-state index in [-0.39, 0.29) is 5.91 Å². The standard InChI is InChI=1S/C22H27N3O2/c1-14-9-20-21(10-15(14)2)25(13-23-20)12-18-5-7-24(8-6-18)22(26)19-11-16(3)27-17(19)4/h9-11,13,18H,5-8,12H2,1-4H3. The van der Waals surface area contributed by atoms with E-state index in [9.17, 15) is 4.79 Å². The molecule has 1 amide bonds. The highest BCUT2D eigenvalue weighted by molar-refractivity contribution is 5.95. The van der Waals surface area contributed by atoms with Crippen LogP contribution in [0.1, 0.15) is 45.8 Å². The number of rotatable bonds is 3. The normalized spacial score (nSPS) is 15.6. The van der Waals surface area contributed by atoms with E-state index in [1.807, 2.05) is 31.1 Å². The van der Waals surface area contributed by atoms with Gasteiger partial charge in [0.25, 0.3) is 5.91 Å². The van der Waals surface area contributed by atoms with Gasteiger partial charge in [-0.15, -0.1) is 0 Å². The second-order valence-corrected chi connectivity index (χ2v) is 7.88. The molecule has 3 aromatic rings. The first-order valence-corrected chi connectivity index (χ1v) is 9.71. The summed E-state index contributed by atoms with van der Waals surface area (Å²) in [5.41, 5.74) is 5.56. The van der Waals surface area contributed by atoms with Gasteiger partial charge in [0.1, 0.15) is 11.5 Å². The Morgan fingerprint density at radius 3 is 2.48 bits per heavy atom. The lowest BCUT2D eigenvalue weighted by Gasteiger charge is -2.32. The van der Waals surface area contributed by atoms with E-state index in [1.165, 1.54) is 16.6 Å². The summed E-state index contributed by atoms with van der Waals surface area (Å²) in [4.78, 5) is 19.3. The van der Waals surface area contributed by atoms with Crippen LogP contribution in [0.4, 0.5) is 0 Å². The predicted molar refractivity (Wildman–Crippen MR) is 106 cm³/mol. The molecule has 0 spiro atoms. The first kappa shape index (κ1) is 17.8. The number of carbonyl (C=O) groups excluding carboxylic acids is 1. The molecular formula is C22H27N3O2. The molecule has 0 unspecified atom stereocenters. The van der Waals surface area contributed by atoms with Crippen molar-refractivity contribution >= 4 is 16.9 Å². The van der Waals surface area contributed by atoms with Crippen LogP contribution in [-0.2, 0) is 6.54 Å². The monoisotopic (exact) mass is 365 g/mol. The molecule has 4 rings (SSSR count). The van der Waals surface area contributed by atoms with Crippen LogP contribution >= 0.6 is 0 Å². The molecule has 3 heterocycles. The third-order valence-electron chi connectivity index (χ3n) is 5.86. The molecule has 0 aliphatic carbocycles. The number of benzene rings is 1. The van der Waals surface area contributed by atoms with Gasteiger partial charge in [0, 0.05) is 19.6 Å². The first-order chi connectivity index (χ1) is 12.9. The number of piperidine rings is 1. The summed E-state index contributed by atoms with van der Waals surface area (Å²) in [6, 6.07) is 6.25. The fourth-order valence-electron chi connectivity index (χ4n) is 4.07. The minimum atomic E-state index is 0.0991. The number of nitrogens with zero attached hydrogens (tertiary/aromatic N) is 3. The summed E-state index contributed by atoms with van der Waals surface area (Å²) in [6.07, 6.45) is 4.00. The van der Waals surface area contributed by atoms with Crippen LogP contribution in [0.3, 0.4) is 0 Å². The van der Waals surface area contributed by atoms with Gasteiger partial charge < -0.3 is 13.9 Å². The molecule has 1 aliphatic heterocycles. The van der Waals surface area contributed by atoms with E-state index in [2.05, 4.69) is 35.5 Å². The Hall–Kier alpha value is -2.56. The topological polar surface area (TPSA) is 51.3 Å². The quantitative estimate of drug-likeness (QED) is 0.690. The molecule has 0 N–H and O–H groups in total. The zero-order chi connectivity index (χ0) is 19.1. The number of fused-ring (bicyclic) bond motifs is 1. The molecule has 0 saturated carbocycles. The van der Waals surface area contributed by atoms with Crippen molar-refractivity contribution in [2.75, 3.05) is 13.1 Å². The van der Waals surface area contributed by atoms with Gasteiger partial charge in [0.05, 0.1) is 22.9 Å². The summed E-state index contributed by atoms with van der Waals surface area (Å²) in [7, 11) is 0. The Labute approximate surface area is 160 Å². The average molecular weight is 365 g/mol. The summed E-state index contributed by atoms with van der Waals surface area (Å²) in [5, 5.41) is 0. The number of hydrogen-bond acceptors (Lipinski definition) is 3. The van der Waals surface area contributed by atoms with E-state index in [0.717, 1.165) is 49.5 Å². The van der Waals surface area contributed by atoms with Gasteiger partial charge in [-0.2, -0.15) is 0 Å². The highest BCUT2D eigenvalue weighted by Crippen LogP contribution is 2.25. The molecular weight excluding hydrogens is 338 g/mol. The molecule has 0 atom stereocenters. The molecule has 27 heavy (non-hydrogen) atoms. The number of aromatic nitrogens is 2. The van der Waals surface area contributed by atoms with Gasteiger partial charge in [0.15, 0.2) is 0 Å². The van der Waals surface area contributed by atoms with Crippen molar-refractivity contribution in [3.05, 3.63) is 52.7 Å². The van der Waals surface area contributed by atoms with E-state index in [0.29, 0.717) is 11.5 Å². The Kier molecular flexibility index (Phi) is 4.54. The predicted octanol–water partition coefficient (Wildman–Crippen LogP) is 4.42. The second kappa shape index (κ2) is 6.87. The molecule has 1 aliphatic rings. The molecule has 5 heteroatoms. The Morgan fingerprint density at radius 1 is 1.11 bits per heavy atom. The minimum Gasteiger partial charge on any atom is -0.466 e. The molecule has 1 fully saturated rings. The van der Waals surface area contributed by atoms with Gasteiger partial charge in [-0.3, -0.25) is 4.79 Å². The molecule has 2 aromatic heterocycles. The van der Waals surface area contributed by atoms with E-state index < -0.39 is 0 Å². The van der Waals surface area contributed by atoms with Crippen LogP contribution in [0.25, 0.3) is 11.0 Å². The second-order valence-electron chi connectivity index (χ2n) is 7.88. The van der Waals surface area contributed by atoms with Crippen LogP contribution in [0, 0.1) is 33.6 Å².